The fourth-order valence-corrected chi connectivity index (χ4v) is 4.23. The van der Waals surface area contributed by atoms with Gasteiger partial charge in [0.15, 0.2) is 0 Å². The lowest BCUT2D eigenvalue weighted by molar-refractivity contribution is -0.119. The Hall–Kier alpha value is -2.94. The molecule has 4 rings (SSSR count). The second kappa shape index (κ2) is 8.20. The molecule has 0 saturated heterocycles. The van der Waals surface area contributed by atoms with E-state index < -0.39 is 0 Å². The summed E-state index contributed by atoms with van der Waals surface area (Å²) in [7, 11) is 0. The number of carbonyl (C=O) groups excluding carboxylic acids is 1. The number of amides is 1. The molecule has 29 heavy (non-hydrogen) atoms. The van der Waals surface area contributed by atoms with Crippen molar-refractivity contribution in [3.05, 3.63) is 84.1 Å². The van der Waals surface area contributed by atoms with E-state index in [1.54, 1.807) is 0 Å². The molecule has 0 radical (unpaired) electrons. The highest BCUT2D eigenvalue weighted by Gasteiger charge is 2.36. The highest BCUT2D eigenvalue weighted by molar-refractivity contribution is 5.96. The topological polar surface area (TPSA) is 33.2 Å². The number of benzene rings is 2. The van der Waals surface area contributed by atoms with Crippen molar-refractivity contribution < 1.29 is 4.79 Å². The summed E-state index contributed by atoms with van der Waals surface area (Å²) in [5.74, 6) is 0.213. The van der Waals surface area contributed by atoms with Crippen LogP contribution in [0.15, 0.2) is 72.9 Å². The van der Waals surface area contributed by atoms with Crippen molar-refractivity contribution in [2.24, 2.45) is 0 Å². The third kappa shape index (κ3) is 4.24. The maximum atomic E-state index is 13.3. The number of nitrogens with zero attached hydrogens (tertiary/aromatic N) is 2. The van der Waals surface area contributed by atoms with E-state index in [9.17, 15) is 4.79 Å². The zero-order chi connectivity index (χ0) is 20.3. The Labute approximate surface area is 173 Å². The van der Waals surface area contributed by atoms with Crippen LogP contribution in [0.3, 0.4) is 0 Å². The van der Waals surface area contributed by atoms with E-state index >= 15 is 0 Å². The number of fused-ring (bicyclic) bond motifs is 1. The Kier molecular flexibility index (Phi) is 5.48. The molecule has 0 spiro atoms. The minimum Gasteiger partial charge on any atom is -0.307 e. The molecule has 3 aromatic rings. The Morgan fingerprint density at radius 2 is 1.83 bits per heavy atom. The molecule has 148 valence electrons. The quantitative estimate of drug-likeness (QED) is 0.554. The minimum absolute atomic E-state index is 0.181. The molecule has 1 amide bonds. The maximum absolute atomic E-state index is 13.3. The van der Waals surface area contributed by atoms with Crippen molar-refractivity contribution >= 4 is 11.6 Å². The molecule has 2 aromatic carbocycles. The van der Waals surface area contributed by atoms with Crippen molar-refractivity contribution in [2.45, 2.75) is 51.5 Å². The van der Waals surface area contributed by atoms with E-state index in [-0.39, 0.29) is 11.4 Å². The van der Waals surface area contributed by atoms with Gasteiger partial charge in [0.2, 0.25) is 5.91 Å². The predicted octanol–water partition coefficient (Wildman–Crippen LogP) is 5.83. The average molecular weight is 385 g/mol. The maximum Gasteiger partial charge on any atom is 0.227 e. The molecule has 0 bridgehead atoms. The number of aryl methyl sites for hydroxylation is 2. The van der Waals surface area contributed by atoms with E-state index in [0.717, 1.165) is 42.6 Å². The van der Waals surface area contributed by atoms with Gasteiger partial charge in [0, 0.05) is 29.4 Å². The number of aromatic nitrogens is 1. The summed E-state index contributed by atoms with van der Waals surface area (Å²) < 4.78 is 0. The lowest BCUT2D eigenvalue weighted by Gasteiger charge is -2.44. The molecule has 2 heterocycles. The van der Waals surface area contributed by atoms with E-state index in [4.69, 9.17) is 0 Å². The highest BCUT2D eigenvalue weighted by atomic mass is 16.2. The first-order valence-corrected chi connectivity index (χ1v) is 10.5. The molecule has 1 aromatic heterocycles. The summed E-state index contributed by atoms with van der Waals surface area (Å²) >= 11 is 0. The van der Waals surface area contributed by atoms with Gasteiger partial charge in [-0.05, 0) is 68.9 Å². The van der Waals surface area contributed by atoms with Crippen LogP contribution in [0.25, 0.3) is 11.3 Å². The first kappa shape index (κ1) is 19.4. The van der Waals surface area contributed by atoms with Gasteiger partial charge in [-0.15, -0.1) is 0 Å². The van der Waals surface area contributed by atoms with E-state index in [1.165, 1.54) is 11.1 Å². The smallest absolute Gasteiger partial charge is 0.227 e. The lowest BCUT2D eigenvalue weighted by Crippen LogP contribution is -2.51. The minimum atomic E-state index is -0.181. The number of anilines is 1. The largest absolute Gasteiger partial charge is 0.307 e. The van der Waals surface area contributed by atoms with Crippen molar-refractivity contribution in [1.29, 1.82) is 0 Å². The van der Waals surface area contributed by atoms with Crippen LogP contribution in [0, 0.1) is 0 Å². The summed E-state index contributed by atoms with van der Waals surface area (Å²) in [6.07, 6.45) is 6.15. The van der Waals surface area contributed by atoms with Crippen LogP contribution >= 0.6 is 0 Å². The fraction of sp³-hybridized carbons (Fsp3) is 0.308. The van der Waals surface area contributed by atoms with Gasteiger partial charge in [0.05, 0.1) is 5.69 Å². The first-order valence-electron chi connectivity index (χ1n) is 10.5. The second-order valence-corrected chi connectivity index (χ2v) is 8.44. The molecule has 0 unspecified atom stereocenters. The van der Waals surface area contributed by atoms with Crippen LogP contribution < -0.4 is 4.90 Å². The Balaban J connectivity index is 1.58. The predicted molar refractivity (Wildman–Crippen MR) is 119 cm³/mol. The van der Waals surface area contributed by atoms with Gasteiger partial charge >= 0.3 is 0 Å². The third-order valence-corrected chi connectivity index (χ3v) is 5.85. The molecule has 1 aliphatic rings. The van der Waals surface area contributed by atoms with Gasteiger partial charge in [-0.2, -0.15) is 0 Å². The fourth-order valence-electron chi connectivity index (χ4n) is 4.23. The zero-order valence-electron chi connectivity index (χ0n) is 17.3. The van der Waals surface area contributed by atoms with Crippen LogP contribution in [0.1, 0.15) is 44.2 Å². The van der Waals surface area contributed by atoms with Gasteiger partial charge in [-0.25, -0.2) is 0 Å². The van der Waals surface area contributed by atoms with Gasteiger partial charge in [-0.3, -0.25) is 9.78 Å². The van der Waals surface area contributed by atoms with Crippen molar-refractivity contribution in [1.82, 2.24) is 4.98 Å². The highest BCUT2D eigenvalue weighted by Crippen LogP contribution is 2.39. The molecule has 0 fully saturated rings. The third-order valence-electron chi connectivity index (χ3n) is 5.85. The number of rotatable bonds is 5. The van der Waals surface area contributed by atoms with Crippen LogP contribution in [0.4, 0.5) is 5.69 Å². The molecule has 0 aliphatic carbocycles. The van der Waals surface area contributed by atoms with Gasteiger partial charge < -0.3 is 4.90 Å². The second-order valence-electron chi connectivity index (χ2n) is 8.44. The summed E-state index contributed by atoms with van der Waals surface area (Å²) in [5.41, 5.74) is 5.41. The average Bonchev–Trinajstić information content (AvgIpc) is 2.74. The number of hydrogen-bond donors (Lipinski definition) is 0. The van der Waals surface area contributed by atoms with Crippen LogP contribution in [0.2, 0.25) is 0 Å². The molecule has 0 saturated carbocycles. The van der Waals surface area contributed by atoms with Gasteiger partial charge in [-0.1, -0.05) is 48.5 Å². The molecular weight excluding hydrogens is 356 g/mol. The number of hydrogen-bond acceptors (Lipinski definition) is 2. The SMILES string of the molecule is CC1(C)CCc2ccc(-c3ccccn3)cc2N1C(=O)CCCc1ccccc1. The number of pyridine rings is 1. The Bertz CT molecular complexity index is 980. The Morgan fingerprint density at radius 3 is 2.59 bits per heavy atom. The summed E-state index contributed by atoms with van der Waals surface area (Å²) in [5, 5.41) is 0. The molecule has 0 atom stereocenters. The van der Waals surface area contributed by atoms with Gasteiger partial charge in [0.1, 0.15) is 0 Å². The summed E-state index contributed by atoms with van der Waals surface area (Å²) in [6.45, 7) is 4.36. The van der Waals surface area contributed by atoms with Crippen molar-refractivity contribution in [2.75, 3.05) is 4.90 Å². The van der Waals surface area contributed by atoms with Crippen LogP contribution in [-0.4, -0.2) is 16.4 Å². The summed E-state index contributed by atoms with van der Waals surface area (Å²) in [6, 6.07) is 22.8. The number of carbonyl (C=O) groups is 1. The van der Waals surface area contributed by atoms with Crippen LogP contribution in [0.5, 0.6) is 0 Å². The van der Waals surface area contributed by atoms with E-state index in [0.29, 0.717) is 6.42 Å². The molecule has 3 nitrogen and oxygen atoms in total. The monoisotopic (exact) mass is 384 g/mol. The van der Waals surface area contributed by atoms with Gasteiger partial charge in [0.25, 0.3) is 0 Å². The lowest BCUT2D eigenvalue weighted by atomic mass is 9.85. The van der Waals surface area contributed by atoms with Crippen molar-refractivity contribution in [3.8, 4) is 11.3 Å². The Morgan fingerprint density at radius 1 is 1.03 bits per heavy atom. The molecule has 3 heteroatoms. The summed E-state index contributed by atoms with van der Waals surface area (Å²) in [4.78, 5) is 19.9. The van der Waals surface area contributed by atoms with Crippen molar-refractivity contribution in [3.63, 3.8) is 0 Å². The molecular formula is C26H28N2O. The van der Waals surface area contributed by atoms with Crippen LogP contribution in [-0.2, 0) is 17.6 Å². The van der Waals surface area contributed by atoms with E-state index in [1.807, 2.05) is 35.4 Å². The molecule has 0 N–H and O–H groups in total. The standard InChI is InChI=1S/C26H28N2O/c1-26(2)17-16-21-14-15-22(23-12-6-7-18-27-23)19-24(21)28(26)25(29)13-8-11-20-9-4-3-5-10-20/h3-7,9-10,12,14-15,18-19H,8,11,13,16-17H2,1-2H3. The molecule has 1 aliphatic heterocycles. The first-order chi connectivity index (χ1) is 14.0. The zero-order valence-corrected chi connectivity index (χ0v) is 17.3. The normalized spacial score (nSPS) is 15.0. The van der Waals surface area contributed by atoms with E-state index in [2.05, 4.69) is 61.3 Å².